The van der Waals surface area contributed by atoms with Crippen LogP contribution in [0.4, 0.5) is 11.4 Å². The average Bonchev–Trinajstić information content (AvgIpc) is 2.33. The first-order chi connectivity index (χ1) is 8.58. The molecule has 3 N–H and O–H groups in total. The van der Waals surface area contributed by atoms with Crippen molar-refractivity contribution in [2.45, 2.75) is 0 Å². The van der Waals surface area contributed by atoms with Gasteiger partial charge in [-0.05, 0) is 46.3 Å². The lowest BCUT2D eigenvalue weighted by atomic mass is 10.2. The van der Waals surface area contributed by atoms with Gasteiger partial charge in [0.25, 0.3) is 5.91 Å². The maximum absolute atomic E-state index is 12.0. The van der Waals surface area contributed by atoms with Crippen molar-refractivity contribution in [1.29, 1.82) is 0 Å². The van der Waals surface area contributed by atoms with Gasteiger partial charge < -0.3 is 11.1 Å². The lowest BCUT2D eigenvalue weighted by Gasteiger charge is -2.08. The predicted octanol–water partition coefficient (Wildman–Crippen LogP) is 3.33. The van der Waals surface area contributed by atoms with E-state index < -0.39 is 0 Å². The van der Waals surface area contributed by atoms with Gasteiger partial charge in [0.15, 0.2) is 0 Å². The Balaban J connectivity index is 2.24. The molecule has 2 rings (SSSR count). The summed E-state index contributed by atoms with van der Waals surface area (Å²) in [4.78, 5) is 16.0. The summed E-state index contributed by atoms with van der Waals surface area (Å²) in [6, 6.07) is 8.36. The first-order valence-corrected chi connectivity index (χ1v) is 6.22. The summed E-state index contributed by atoms with van der Waals surface area (Å²) >= 11 is 9.24. The molecule has 1 aromatic heterocycles. The maximum Gasteiger partial charge on any atom is 0.275 e. The Kier molecular flexibility index (Phi) is 3.84. The van der Waals surface area contributed by atoms with Crippen LogP contribution in [0.5, 0.6) is 0 Å². The SMILES string of the molecule is Nc1ccc(NC(=O)c2ncccc2Br)c(Cl)c1. The highest BCUT2D eigenvalue weighted by molar-refractivity contribution is 9.10. The Morgan fingerprint density at radius 3 is 2.83 bits per heavy atom. The number of nitrogens with zero attached hydrogens (tertiary/aromatic N) is 1. The summed E-state index contributed by atoms with van der Waals surface area (Å²) in [6.07, 6.45) is 1.55. The van der Waals surface area contributed by atoms with E-state index in [1.807, 2.05) is 0 Å². The number of amides is 1. The van der Waals surface area contributed by atoms with Gasteiger partial charge in [0.05, 0.1) is 10.7 Å². The number of rotatable bonds is 2. The van der Waals surface area contributed by atoms with Crippen molar-refractivity contribution in [2.75, 3.05) is 11.1 Å². The minimum atomic E-state index is -0.339. The van der Waals surface area contributed by atoms with E-state index in [1.54, 1.807) is 36.5 Å². The van der Waals surface area contributed by atoms with Crippen molar-refractivity contribution >= 4 is 44.8 Å². The second-order valence-corrected chi connectivity index (χ2v) is 4.79. The summed E-state index contributed by atoms with van der Waals surface area (Å²) in [7, 11) is 0. The highest BCUT2D eigenvalue weighted by atomic mass is 79.9. The Morgan fingerprint density at radius 1 is 1.39 bits per heavy atom. The number of anilines is 2. The number of benzene rings is 1. The zero-order chi connectivity index (χ0) is 13.1. The highest BCUT2D eigenvalue weighted by Crippen LogP contribution is 2.25. The van der Waals surface area contributed by atoms with Crippen molar-refractivity contribution in [3.63, 3.8) is 0 Å². The van der Waals surface area contributed by atoms with E-state index in [1.165, 1.54) is 0 Å². The second kappa shape index (κ2) is 5.37. The normalized spacial score (nSPS) is 10.1. The average molecular weight is 327 g/mol. The van der Waals surface area contributed by atoms with E-state index in [0.29, 0.717) is 26.6 Å². The van der Waals surface area contributed by atoms with Crippen LogP contribution in [-0.4, -0.2) is 10.9 Å². The molecule has 0 saturated carbocycles. The number of nitrogens with two attached hydrogens (primary N) is 1. The van der Waals surface area contributed by atoms with E-state index in [4.69, 9.17) is 17.3 Å². The van der Waals surface area contributed by atoms with Crippen LogP contribution >= 0.6 is 27.5 Å². The minimum absolute atomic E-state index is 0.297. The summed E-state index contributed by atoms with van der Waals surface area (Å²) in [5.41, 5.74) is 6.91. The molecule has 0 bridgehead atoms. The van der Waals surface area contributed by atoms with Gasteiger partial charge in [-0.25, -0.2) is 4.98 Å². The molecule has 0 unspecified atom stereocenters. The topological polar surface area (TPSA) is 68.0 Å². The Bertz CT molecular complexity index is 604. The van der Waals surface area contributed by atoms with E-state index in [-0.39, 0.29) is 5.91 Å². The monoisotopic (exact) mass is 325 g/mol. The number of pyridine rings is 1. The van der Waals surface area contributed by atoms with Gasteiger partial charge in [-0.3, -0.25) is 4.79 Å². The lowest BCUT2D eigenvalue weighted by Crippen LogP contribution is -2.14. The molecule has 0 spiro atoms. The molecule has 92 valence electrons. The number of nitrogen functional groups attached to an aromatic ring is 1. The second-order valence-electron chi connectivity index (χ2n) is 3.53. The summed E-state index contributed by atoms with van der Waals surface area (Å²) < 4.78 is 0.620. The summed E-state index contributed by atoms with van der Waals surface area (Å²) in [5, 5.41) is 3.06. The number of hydrogen-bond donors (Lipinski definition) is 2. The number of aromatic nitrogens is 1. The van der Waals surface area contributed by atoms with Gasteiger partial charge in [-0.2, -0.15) is 0 Å². The third-order valence-corrected chi connectivity index (χ3v) is 3.17. The van der Waals surface area contributed by atoms with E-state index >= 15 is 0 Å². The number of nitrogens with one attached hydrogen (secondary N) is 1. The van der Waals surface area contributed by atoms with Crippen LogP contribution in [0, 0.1) is 0 Å². The smallest absolute Gasteiger partial charge is 0.275 e. The highest BCUT2D eigenvalue weighted by Gasteiger charge is 2.12. The van der Waals surface area contributed by atoms with Crippen LogP contribution in [0.2, 0.25) is 5.02 Å². The number of carbonyl (C=O) groups excluding carboxylic acids is 1. The maximum atomic E-state index is 12.0. The van der Waals surface area contributed by atoms with Crippen LogP contribution in [0.1, 0.15) is 10.5 Å². The van der Waals surface area contributed by atoms with Gasteiger partial charge >= 0.3 is 0 Å². The van der Waals surface area contributed by atoms with Gasteiger partial charge in [0, 0.05) is 16.4 Å². The first-order valence-electron chi connectivity index (χ1n) is 5.05. The fourth-order valence-corrected chi connectivity index (χ4v) is 2.04. The first kappa shape index (κ1) is 12.9. The molecule has 0 aliphatic rings. The van der Waals surface area contributed by atoms with Gasteiger partial charge in [-0.1, -0.05) is 11.6 Å². The number of halogens is 2. The molecule has 0 fully saturated rings. The Hall–Kier alpha value is -1.59. The third-order valence-electron chi connectivity index (χ3n) is 2.21. The molecule has 6 heteroatoms. The Labute approximate surface area is 117 Å². The number of hydrogen-bond acceptors (Lipinski definition) is 3. The van der Waals surface area contributed by atoms with Crippen LogP contribution < -0.4 is 11.1 Å². The quantitative estimate of drug-likeness (QED) is 0.832. The zero-order valence-electron chi connectivity index (χ0n) is 9.15. The molecule has 0 atom stereocenters. The van der Waals surface area contributed by atoms with Crippen LogP contribution in [0.3, 0.4) is 0 Å². The van der Waals surface area contributed by atoms with Crippen molar-refractivity contribution in [3.8, 4) is 0 Å². The van der Waals surface area contributed by atoms with Gasteiger partial charge in [0.1, 0.15) is 5.69 Å². The van der Waals surface area contributed by atoms with Gasteiger partial charge in [-0.15, -0.1) is 0 Å². The molecule has 0 aliphatic heterocycles. The lowest BCUT2D eigenvalue weighted by molar-refractivity contribution is 0.102. The van der Waals surface area contributed by atoms with Gasteiger partial charge in [0.2, 0.25) is 0 Å². The molecule has 1 aromatic carbocycles. The molecule has 0 radical (unpaired) electrons. The standard InChI is InChI=1S/C12H9BrClN3O/c13-8-2-1-5-16-11(8)12(18)17-10-4-3-7(15)6-9(10)14/h1-6H,15H2,(H,17,18). The molecule has 1 heterocycles. The van der Waals surface area contributed by atoms with Crippen LogP contribution in [0.15, 0.2) is 41.0 Å². The molecule has 0 saturated heterocycles. The summed E-state index contributed by atoms with van der Waals surface area (Å²) in [5.74, 6) is -0.339. The molecule has 1 amide bonds. The molecule has 4 nitrogen and oxygen atoms in total. The van der Waals surface area contributed by atoms with Crippen molar-refractivity contribution in [3.05, 3.63) is 51.7 Å². The number of carbonyl (C=O) groups is 1. The Morgan fingerprint density at radius 2 is 2.17 bits per heavy atom. The third kappa shape index (κ3) is 2.80. The van der Waals surface area contributed by atoms with Crippen molar-refractivity contribution in [1.82, 2.24) is 4.98 Å². The molecular weight excluding hydrogens is 318 g/mol. The van der Waals surface area contributed by atoms with E-state index in [0.717, 1.165) is 0 Å². The van der Waals surface area contributed by atoms with Crippen LogP contribution in [-0.2, 0) is 0 Å². The fourth-order valence-electron chi connectivity index (χ4n) is 1.37. The fraction of sp³-hybridized carbons (Fsp3) is 0. The largest absolute Gasteiger partial charge is 0.399 e. The van der Waals surface area contributed by atoms with Crippen molar-refractivity contribution in [2.24, 2.45) is 0 Å². The van der Waals surface area contributed by atoms with E-state index in [9.17, 15) is 4.79 Å². The molecule has 2 aromatic rings. The molecule has 0 aliphatic carbocycles. The molecule has 18 heavy (non-hydrogen) atoms. The minimum Gasteiger partial charge on any atom is -0.399 e. The van der Waals surface area contributed by atoms with E-state index in [2.05, 4.69) is 26.2 Å². The van der Waals surface area contributed by atoms with Crippen molar-refractivity contribution < 1.29 is 4.79 Å². The predicted molar refractivity (Wildman–Crippen MR) is 75.8 cm³/mol. The molecular formula is C12H9BrClN3O. The van der Waals surface area contributed by atoms with Crippen LogP contribution in [0.25, 0.3) is 0 Å². The summed E-state index contributed by atoms with van der Waals surface area (Å²) in [6.45, 7) is 0. The zero-order valence-corrected chi connectivity index (χ0v) is 11.5.